The first-order valence-electron chi connectivity index (χ1n) is 6.19. The Hall–Kier alpha value is -1.42. The van der Waals surface area contributed by atoms with Gasteiger partial charge >= 0.3 is 0 Å². The van der Waals surface area contributed by atoms with E-state index in [1.165, 1.54) is 6.42 Å². The summed E-state index contributed by atoms with van der Waals surface area (Å²) in [4.78, 5) is 16.4. The molecule has 1 aliphatic rings. The number of hydrogen-bond donors (Lipinski definition) is 2. The number of amides is 1. The van der Waals surface area contributed by atoms with Crippen LogP contribution in [0.2, 0.25) is 0 Å². The summed E-state index contributed by atoms with van der Waals surface area (Å²) in [7, 11) is 0. The van der Waals surface area contributed by atoms with Crippen LogP contribution >= 0.6 is 0 Å². The lowest BCUT2D eigenvalue weighted by atomic mass is 9.73. The van der Waals surface area contributed by atoms with Crippen LogP contribution in [0.4, 0.5) is 5.82 Å². The van der Waals surface area contributed by atoms with Gasteiger partial charge in [-0.2, -0.15) is 0 Å². The predicted octanol–water partition coefficient (Wildman–Crippen LogP) is 1.93. The average molecular weight is 233 g/mol. The Morgan fingerprint density at radius 3 is 2.71 bits per heavy atom. The van der Waals surface area contributed by atoms with Crippen LogP contribution in [0.15, 0.2) is 24.4 Å². The molecule has 1 aromatic heterocycles. The fourth-order valence-corrected chi connectivity index (χ4v) is 2.44. The smallest absolute Gasteiger partial charge is 0.233 e. The monoisotopic (exact) mass is 233 g/mol. The molecule has 0 aromatic carbocycles. The number of carbonyl (C=O) groups is 1. The zero-order valence-electron chi connectivity index (χ0n) is 9.98. The second-order valence-electron chi connectivity index (χ2n) is 4.71. The Kier molecular flexibility index (Phi) is 3.74. The lowest BCUT2D eigenvalue weighted by Gasteiger charge is -2.34. The van der Waals surface area contributed by atoms with Crippen LogP contribution in [-0.2, 0) is 4.79 Å². The van der Waals surface area contributed by atoms with Gasteiger partial charge in [-0.3, -0.25) is 4.79 Å². The maximum atomic E-state index is 12.3. The highest BCUT2D eigenvalue weighted by Gasteiger charge is 2.38. The van der Waals surface area contributed by atoms with Gasteiger partial charge in [0.25, 0.3) is 0 Å². The zero-order valence-corrected chi connectivity index (χ0v) is 9.98. The third-order valence-electron chi connectivity index (χ3n) is 3.59. The van der Waals surface area contributed by atoms with E-state index in [0.717, 1.165) is 25.7 Å². The topological polar surface area (TPSA) is 68.0 Å². The Bertz CT molecular complexity index is 372. The molecule has 17 heavy (non-hydrogen) atoms. The molecule has 4 heteroatoms. The number of pyridine rings is 1. The molecule has 0 bridgehead atoms. The van der Waals surface area contributed by atoms with Crippen molar-refractivity contribution in [1.82, 2.24) is 4.98 Å². The van der Waals surface area contributed by atoms with E-state index in [1.807, 2.05) is 12.1 Å². The fraction of sp³-hybridized carbons (Fsp3) is 0.538. The molecule has 2 rings (SSSR count). The second-order valence-corrected chi connectivity index (χ2v) is 4.71. The summed E-state index contributed by atoms with van der Waals surface area (Å²) in [5, 5.41) is 2.87. The molecule has 4 nitrogen and oxygen atoms in total. The van der Waals surface area contributed by atoms with Gasteiger partial charge in [-0.15, -0.1) is 0 Å². The van der Waals surface area contributed by atoms with Gasteiger partial charge in [0, 0.05) is 12.7 Å². The molecule has 0 radical (unpaired) electrons. The Labute approximate surface area is 102 Å². The summed E-state index contributed by atoms with van der Waals surface area (Å²) < 4.78 is 0. The molecule has 1 aliphatic carbocycles. The normalized spacial score (nSPS) is 18.6. The van der Waals surface area contributed by atoms with Crippen molar-refractivity contribution in [3.63, 3.8) is 0 Å². The van der Waals surface area contributed by atoms with E-state index in [9.17, 15) is 4.79 Å². The highest BCUT2D eigenvalue weighted by atomic mass is 16.2. The summed E-state index contributed by atoms with van der Waals surface area (Å²) in [6, 6.07) is 5.48. The summed E-state index contributed by atoms with van der Waals surface area (Å²) in [6.45, 7) is 0.422. The maximum Gasteiger partial charge on any atom is 0.233 e. The first-order valence-corrected chi connectivity index (χ1v) is 6.19. The van der Waals surface area contributed by atoms with E-state index in [0.29, 0.717) is 12.4 Å². The van der Waals surface area contributed by atoms with Crippen LogP contribution in [0.1, 0.15) is 32.1 Å². The molecule has 0 saturated heterocycles. The number of nitrogens with zero attached hydrogens (tertiary/aromatic N) is 1. The van der Waals surface area contributed by atoms with Gasteiger partial charge < -0.3 is 11.1 Å². The quantitative estimate of drug-likeness (QED) is 0.838. The highest BCUT2D eigenvalue weighted by molar-refractivity contribution is 5.94. The second kappa shape index (κ2) is 5.27. The molecule has 1 aromatic rings. The number of hydrogen-bond acceptors (Lipinski definition) is 3. The molecule has 0 unspecified atom stereocenters. The Balaban J connectivity index is 2.07. The molecule has 1 amide bonds. The summed E-state index contributed by atoms with van der Waals surface area (Å²) in [5.41, 5.74) is 5.43. The third-order valence-corrected chi connectivity index (χ3v) is 3.59. The molecule has 0 atom stereocenters. The van der Waals surface area contributed by atoms with Crippen molar-refractivity contribution in [2.75, 3.05) is 11.9 Å². The molecular weight excluding hydrogens is 214 g/mol. The van der Waals surface area contributed by atoms with E-state index < -0.39 is 0 Å². The minimum Gasteiger partial charge on any atom is -0.329 e. The van der Waals surface area contributed by atoms with Crippen molar-refractivity contribution < 1.29 is 4.79 Å². The highest BCUT2D eigenvalue weighted by Crippen LogP contribution is 2.36. The Morgan fingerprint density at radius 2 is 2.12 bits per heavy atom. The van der Waals surface area contributed by atoms with Crippen LogP contribution in [0.25, 0.3) is 0 Å². The van der Waals surface area contributed by atoms with Gasteiger partial charge in [0.1, 0.15) is 5.82 Å². The molecule has 3 N–H and O–H groups in total. The van der Waals surface area contributed by atoms with Crippen molar-refractivity contribution >= 4 is 11.7 Å². The van der Waals surface area contributed by atoms with Gasteiger partial charge in [-0.25, -0.2) is 4.98 Å². The molecule has 1 heterocycles. The van der Waals surface area contributed by atoms with Gasteiger partial charge in [0.15, 0.2) is 0 Å². The first-order chi connectivity index (χ1) is 8.27. The maximum absolute atomic E-state index is 12.3. The third kappa shape index (κ3) is 2.64. The number of anilines is 1. The number of aromatic nitrogens is 1. The van der Waals surface area contributed by atoms with Crippen molar-refractivity contribution in [2.45, 2.75) is 32.1 Å². The van der Waals surface area contributed by atoms with Crippen molar-refractivity contribution in [2.24, 2.45) is 11.1 Å². The van der Waals surface area contributed by atoms with Gasteiger partial charge in [-0.05, 0) is 25.0 Å². The van der Waals surface area contributed by atoms with E-state index in [-0.39, 0.29) is 11.3 Å². The van der Waals surface area contributed by atoms with Crippen molar-refractivity contribution in [3.8, 4) is 0 Å². The fourth-order valence-electron chi connectivity index (χ4n) is 2.44. The van der Waals surface area contributed by atoms with Crippen LogP contribution in [0, 0.1) is 5.41 Å². The van der Waals surface area contributed by atoms with Crippen molar-refractivity contribution in [1.29, 1.82) is 0 Å². The summed E-state index contributed by atoms with van der Waals surface area (Å²) in [5.74, 6) is 0.634. The van der Waals surface area contributed by atoms with Gasteiger partial charge in [0.05, 0.1) is 5.41 Å². The van der Waals surface area contributed by atoms with E-state index in [2.05, 4.69) is 10.3 Å². The molecule has 0 aliphatic heterocycles. The largest absolute Gasteiger partial charge is 0.329 e. The lowest BCUT2D eigenvalue weighted by Crippen LogP contribution is -2.43. The minimum atomic E-state index is -0.379. The van der Waals surface area contributed by atoms with E-state index >= 15 is 0 Å². The summed E-state index contributed by atoms with van der Waals surface area (Å²) in [6.07, 6.45) is 6.84. The summed E-state index contributed by atoms with van der Waals surface area (Å²) >= 11 is 0. The van der Waals surface area contributed by atoms with Gasteiger partial charge in [0.2, 0.25) is 5.91 Å². The number of nitrogens with one attached hydrogen (secondary N) is 1. The lowest BCUT2D eigenvalue weighted by molar-refractivity contribution is -0.126. The van der Waals surface area contributed by atoms with E-state index in [1.54, 1.807) is 12.3 Å². The SMILES string of the molecule is NCC1(C(=O)Nc2ccccn2)CCCCC1. The van der Waals surface area contributed by atoms with Gasteiger partial charge in [-0.1, -0.05) is 25.3 Å². The van der Waals surface area contributed by atoms with Crippen LogP contribution in [0.5, 0.6) is 0 Å². The number of carbonyl (C=O) groups excluding carboxylic acids is 1. The first kappa shape index (κ1) is 12.0. The molecular formula is C13H19N3O. The van der Waals surface area contributed by atoms with E-state index in [4.69, 9.17) is 5.73 Å². The van der Waals surface area contributed by atoms with Crippen LogP contribution in [-0.4, -0.2) is 17.4 Å². The molecule has 92 valence electrons. The van der Waals surface area contributed by atoms with Crippen molar-refractivity contribution in [3.05, 3.63) is 24.4 Å². The minimum absolute atomic E-state index is 0.0263. The van der Waals surface area contributed by atoms with Crippen LogP contribution in [0.3, 0.4) is 0 Å². The number of nitrogens with two attached hydrogens (primary N) is 1. The zero-order chi connectivity index (χ0) is 12.1. The molecule has 1 saturated carbocycles. The average Bonchev–Trinajstić information content (AvgIpc) is 2.40. The predicted molar refractivity (Wildman–Crippen MR) is 67.4 cm³/mol. The molecule has 1 fully saturated rings. The standard InChI is InChI=1S/C13H19N3O/c14-10-13(7-3-1-4-8-13)12(17)16-11-6-2-5-9-15-11/h2,5-6,9H,1,3-4,7-8,10,14H2,(H,15,16,17). The number of rotatable bonds is 3. The Morgan fingerprint density at radius 1 is 1.35 bits per heavy atom. The van der Waals surface area contributed by atoms with Crippen LogP contribution < -0.4 is 11.1 Å². The molecule has 0 spiro atoms.